The molecular formula is C61H73N9O8. The molecule has 0 spiro atoms. The molecule has 5 fully saturated rings. The molecule has 2 saturated heterocycles. The fraction of sp³-hybridized carbons (Fsp3) is 0.492. The van der Waals surface area contributed by atoms with E-state index in [-0.39, 0.29) is 104 Å². The van der Waals surface area contributed by atoms with Gasteiger partial charge in [0.2, 0.25) is 23.6 Å². The van der Waals surface area contributed by atoms with Gasteiger partial charge in [-0.1, -0.05) is 147 Å². The third-order valence-electron chi connectivity index (χ3n) is 16.4. The summed E-state index contributed by atoms with van der Waals surface area (Å²) in [4.78, 5) is 102. The Morgan fingerprint density at radius 2 is 0.821 bits per heavy atom. The number of rotatable bonds is 27. The number of carbonyl (C=O) groups excluding carboxylic acids is 7. The molecule has 10 atom stereocenters. The first-order chi connectivity index (χ1) is 38.1. The van der Waals surface area contributed by atoms with E-state index in [2.05, 4.69) is 67.7 Å². The highest BCUT2D eigenvalue weighted by Crippen LogP contribution is 2.44. The zero-order chi connectivity index (χ0) is 54.4. The van der Waals surface area contributed by atoms with E-state index in [0.717, 1.165) is 100 Å². The average Bonchev–Trinajstić information content (AvgIpc) is 4.50. The van der Waals surface area contributed by atoms with Crippen molar-refractivity contribution in [1.82, 2.24) is 31.1 Å². The third kappa shape index (κ3) is 14.7. The molecule has 9 rings (SSSR count). The van der Waals surface area contributed by atoms with E-state index in [4.69, 9.17) is 10.3 Å². The summed E-state index contributed by atoms with van der Waals surface area (Å²) >= 11 is 0. The van der Waals surface area contributed by atoms with Crippen molar-refractivity contribution in [2.45, 2.75) is 119 Å². The van der Waals surface area contributed by atoms with Crippen LogP contribution in [0.15, 0.2) is 120 Å². The number of benzene rings is 4. The summed E-state index contributed by atoms with van der Waals surface area (Å²) in [6.07, 6.45) is 12.5. The van der Waals surface area contributed by atoms with E-state index >= 15 is 0 Å². The second-order valence-corrected chi connectivity index (χ2v) is 22.0. The largest absolute Gasteiger partial charge is 0.466 e. The van der Waals surface area contributed by atoms with Crippen molar-refractivity contribution < 1.29 is 38.3 Å². The van der Waals surface area contributed by atoms with Gasteiger partial charge in [-0.05, 0) is 78.6 Å². The minimum Gasteiger partial charge on any atom is -0.466 e. The number of carbonyl (C=O) groups is 7. The summed E-state index contributed by atoms with van der Waals surface area (Å²) < 4.78 is 5.04. The maximum absolute atomic E-state index is 14.2. The lowest BCUT2D eigenvalue weighted by Gasteiger charge is -2.18. The van der Waals surface area contributed by atoms with Crippen LogP contribution in [-0.2, 0) is 28.7 Å². The van der Waals surface area contributed by atoms with E-state index in [1.807, 2.05) is 54.6 Å². The molecule has 4 aromatic carbocycles. The smallest absolute Gasteiger partial charge is 0.311 e. The molecule has 17 heteroatoms. The van der Waals surface area contributed by atoms with Crippen LogP contribution in [-0.4, -0.2) is 115 Å². The van der Waals surface area contributed by atoms with E-state index in [0.29, 0.717) is 24.3 Å². The molecule has 5 aliphatic rings. The first-order valence-corrected chi connectivity index (χ1v) is 28.2. The summed E-state index contributed by atoms with van der Waals surface area (Å²) in [6, 6.07) is 36.3. The van der Waals surface area contributed by atoms with Crippen molar-refractivity contribution in [2.24, 2.45) is 28.8 Å². The Morgan fingerprint density at radius 3 is 1.19 bits per heavy atom. The van der Waals surface area contributed by atoms with Gasteiger partial charge in [-0.25, -0.2) is 0 Å². The lowest BCUT2D eigenvalue weighted by molar-refractivity contribution is -0.142. The molecule has 0 radical (unpaired) electrons. The third-order valence-corrected chi connectivity index (χ3v) is 16.4. The monoisotopic (exact) mass is 1060 g/mol. The van der Waals surface area contributed by atoms with Crippen LogP contribution in [0.3, 0.4) is 0 Å². The SMILES string of the molecule is [N-]=[N+]=NCC(=O)OCCCCCCCCCCCCNC(=O)[C@@H]1CN(C(=O)c2ccc(C(=O)N3C[C@@H](C(=O)N[C@H]4C[C@@H]4c4ccccc4)[C@H](C(=O)N[C@H]4C[C@@H]4c4ccccc4)C3)cc2)C[C@H]1C(=O)N[C@H]1C[C@@H]1c1ccccc1. The standard InChI is InChI=1S/C61H73N9O8/c62-68-64-35-55(71)78-31-19-8-6-4-2-1-3-5-7-18-30-63-56(72)48-36-69(37-49(48)57(73)65-52-32-45(52)40-20-12-9-13-21-40)60(76)43-26-28-44(29-27-43)61(77)70-38-50(58(74)66-53-33-46(53)41-22-14-10-15-23-41)51(39-70)59(75)67-54-34-47(54)42-24-16-11-17-25-42/h9-17,20-29,45-54H,1-8,18-19,30-39H2,(H,63,72)(H,65,73)(H,66,74)(H,67,75)/t45-,46-,47-,48-,49-,50-,51-,52+,53+,54+/m1/s1. The lowest BCUT2D eigenvalue weighted by atomic mass is 9.94. The molecule has 3 aliphatic carbocycles. The Hall–Kier alpha value is -7.52. The van der Waals surface area contributed by atoms with E-state index in [1.54, 1.807) is 34.1 Å². The van der Waals surface area contributed by atoms with Gasteiger partial charge in [0.15, 0.2) is 0 Å². The number of hydrogen-bond acceptors (Lipinski definition) is 9. The Bertz CT molecular complexity index is 2700. The zero-order valence-corrected chi connectivity index (χ0v) is 44.4. The fourth-order valence-electron chi connectivity index (χ4n) is 11.6. The number of likely N-dealkylation sites (tertiary alicyclic amines) is 2. The molecule has 4 aromatic rings. The summed E-state index contributed by atoms with van der Waals surface area (Å²) in [5.41, 5.74) is 12.4. The highest BCUT2D eigenvalue weighted by atomic mass is 16.5. The van der Waals surface area contributed by atoms with Gasteiger partial charge in [0.1, 0.15) is 6.54 Å². The summed E-state index contributed by atoms with van der Waals surface area (Å²) in [5.74, 6) is -4.56. The molecule has 2 aliphatic heterocycles. The van der Waals surface area contributed by atoms with Crippen LogP contribution < -0.4 is 21.3 Å². The Kier molecular flexibility index (Phi) is 18.9. The second kappa shape index (κ2) is 26.7. The van der Waals surface area contributed by atoms with Crippen molar-refractivity contribution in [3.8, 4) is 0 Å². The summed E-state index contributed by atoms with van der Waals surface area (Å²) in [7, 11) is 0. The highest BCUT2D eigenvalue weighted by Gasteiger charge is 2.50. The van der Waals surface area contributed by atoms with E-state index in [1.165, 1.54) is 0 Å². The quantitative estimate of drug-likeness (QED) is 0.0150. The molecule has 78 heavy (non-hydrogen) atoms. The molecule has 4 N–H and O–H groups in total. The Balaban J connectivity index is 0.769. The number of esters is 1. The predicted molar refractivity (Wildman–Crippen MR) is 294 cm³/mol. The molecule has 17 nitrogen and oxygen atoms in total. The van der Waals surface area contributed by atoms with Crippen LogP contribution in [0.2, 0.25) is 0 Å². The summed E-state index contributed by atoms with van der Waals surface area (Å²) in [6.45, 7) is 0.805. The van der Waals surface area contributed by atoms with Gasteiger partial charge in [-0.15, -0.1) is 0 Å². The van der Waals surface area contributed by atoms with Crippen LogP contribution >= 0.6 is 0 Å². The van der Waals surface area contributed by atoms with Gasteiger partial charge in [-0.3, -0.25) is 33.6 Å². The number of unbranched alkanes of at least 4 members (excludes halogenated alkanes) is 9. The topological polar surface area (TPSA) is 232 Å². The van der Waals surface area contributed by atoms with Crippen LogP contribution in [0.4, 0.5) is 0 Å². The number of azide groups is 1. The fourth-order valence-corrected chi connectivity index (χ4v) is 11.6. The number of nitrogens with zero attached hydrogens (tertiary/aromatic N) is 5. The zero-order valence-electron chi connectivity index (χ0n) is 44.4. The molecule has 0 unspecified atom stereocenters. The maximum Gasteiger partial charge on any atom is 0.311 e. The van der Waals surface area contributed by atoms with Gasteiger partial charge < -0.3 is 35.8 Å². The molecular weight excluding hydrogens is 987 g/mol. The molecule has 3 saturated carbocycles. The van der Waals surface area contributed by atoms with Crippen LogP contribution in [0, 0.1) is 23.7 Å². The van der Waals surface area contributed by atoms with Crippen LogP contribution in [0.25, 0.3) is 10.4 Å². The molecule has 410 valence electrons. The average molecular weight is 1060 g/mol. The molecule has 0 bridgehead atoms. The predicted octanol–water partition coefficient (Wildman–Crippen LogP) is 7.95. The Morgan fingerprint density at radius 1 is 0.474 bits per heavy atom. The number of nitrogens with one attached hydrogen (secondary N) is 4. The van der Waals surface area contributed by atoms with Gasteiger partial charge in [0.25, 0.3) is 11.8 Å². The second-order valence-electron chi connectivity index (χ2n) is 22.0. The maximum atomic E-state index is 14.2. The first-order valence-electron chi connectivity index (χ1n) is 28.2. The van der Waals surface area contributed by atoms with Crippen molar-refractivity contribution in [1.29, 1.82) is 0 Å². The van der Waals surface area contributed by atoms with Gasteiger partial charge >= 0.3 is 5.97 Å². The molecule has 2 heterocycles. The van der Waals surface area contributed by atoms with Crippen molar-refractivity contribution in [3.63, 3.8) is 0 Å². The normalized spacial score (nSPS) is 24.5. The van der Waals surface area contributed by atoms with Gasteiger partial charge in [-0.2, -0.15) is 0 Å². The van der Waals surface area contributed by atoms with Crippen LogP contribution in [0.5, 0.6) is 0 Å². The van der Waals surface area contributed by atoms with Crippen molar-refractivity contribution in [2.75, 3.05) is 45.9 Å². The van der Waals surface area contributed by atoms with Crippen molar-refractivity contribution >= 4 is 41.4 Å². The Labute approximate surface area is 456 Å². The number of amides is 6. The molecule has 0 aromatic heterocycles. The number of ether oxygens (including phenoxy) is 1. The highest BCUT2D eigenvalue weighted by molar-refractivity contribution is 6.00. The number of hydrogen-bond donors (Lipinski definition) is 4. The van der Waals surface area contributed by atoms with Gasteiger partial charge in [0.05, 0.1) is 30.3 Å². The van der Waals surface area contributed by atoms with Crippen LogP contribution in [0.1, 0.15) is 139 Å². The lowest BCUT2D eigenvalue weighted by Crippen LogP contribution is -2.43. The van der Waals surface area contributed by atoms with E-state index < -0.39 is 29.6 Å². The minimum absolute atomic E-state index is 0.0435. The van der Waals surface area contributed by atoms with E-state index in [9.17, 15) is 33.6 Å². The first kappa shape index (κ1) is 55.2. The van der Waals surface area contributed by atoms with Crippen molar-refractivity contribution in [3.05, 3.63) is 154 Å². The molecule has 6 amide bonds. The van der Waals surface area contributed by atoms with Gasteiger partial charge in [0, 0.05) is 84.6 Å². The minimum atomic E-state index is -0.746. The summed E-state index contributed by atoms with van der Waals surface area (Å²) in [5, 5.41) is 15.8.